The van der Waals surface area contributed by atoms with Crippen LogP contribution in [-0.2, 0) is 4.79 Å². The average molecular weight is 189 g/mol. The Bertz CT molecular complexity index is 99.1. The molecule has 1 aliphatic rings. The van der Waals surface area contributed by atoms with E-state index in [-0.39, 0.29) is 0 Å². The molecule has 0 unspecified atom stereocenters. The molecule has 1 rings (SSSR count). The van der Waals surface area contributed by atoms with Crippen LogP contribution >= 0.6 is 0 Å². The Morgan fingerprint density at radius 3 is 1.92 bits per heavy atom. The standard InChI is InChI=1S/C7H13NO.C2H6.CH4O/c1-8-4-2-7(6-9)3-5-8;2*1-2/h6-7H,2-5H2,1H3;1-2H3;2H,1H3. The molecule has 0 radical (unpaired) electrons. The van der Waals surface area contributed by atoms with Crippen LogP contribution in [0.2, 0.25) is 0 Å². The number of hydrogen-bond acceptors (Lipinski definition) is 3. The van der Waals surface area contributed by atoms with E-state index in [0.717, 1.165) is 39.3 Å². The minimum Gasteiger partial charge on any atom is -0.400 e. The van der Waals surface area contributed by atoms with Gasteiger partial charge in [0.25, 0.3) is 0 Å². The summed E-state index contributed by atoms with van der Waals surface area (Å²) < 4.78 is 0. The molecular formula is C10H23NO2. The number of piperidine rings is 1. The number of carbonyl (C=O) groups is 1. The fraction of sp³-hybridized carbons (Fsp3) is 0.900. The summed E-state index contributed by atoms with van der Waals surface area (Å²) in [6.07, 6.45) is 3.20. The Balaban J connectivity index is 0. The van der Waals surface area contributed by atoms with Gasteiger partial charge in [-0.25, -0.2) is 0 Å². The van der Waals surface area contributed by atoms with Crippen molar-refractivity contribution in [3.63, 3.8) is 0 Å². The number of aliphatic hydroxyl groups excluding tert-OH is 1. The average Bonchev–Trinajstić information content (AvgIpc) is 2.25. The third kappa shape index (κ3) is 7.94. The van der Waals surface area contributed by atoms with E-state index in [1.165, 1.54) is 0 Å². The highest BCUT2D eigenvalue weighted by molar-refractivity contribution is 5.53. The van der Waals surface area contributed by atoms with Crippen molar-refractivity contribution in [2.75, 3.05) is 27.2 Å². The summed E-state index contributed by atoms with van der Waals surface area (Å²) in [5.74, 6) is 0.348. The molecule has 80 valence electrons. The van der Waals surface area contributed by atoms with E-state index in [2.05, 4.69) is 11.9 Å². The first kappa shape index (κ1) is 15.1. The molecule has 0 aromatic carbocycles. The summed E-state index contributed by atoms with van der Waals surface area (Å²) in [5.41, 5.74) is 0. The lowest BCUT2D eigenvalue weighted by molar-refractivity contribution is -0.112. The summed E-state index contributed by atoms with van der Waals surface area (Å²) in [7, 11) is 3.10. The van der Waals surface area contributed by atoms with Gasteiger partial charge in [0.05, 0.1) is 0 Å². The van der Waals surface area contributed by atoms with Gasteiger partial charge in [0, 0.05) is 13.0 Å². The van der Waals surface area contributed by atoms with Gasteiger partial charge in [0.1, 0.15) is 6.29 Å². The van der Waals surface area contributed by atoms with Gasteiger partial charge >= 0.3 is 0 Å². The smallest absolute Gasteiger partial charge is 0.123 e. The maximum atomic E-state index is 10.2. The van der Waals surface area contributed by atoms with Crippen LogP contribution in [0.25, 0.3) is 0 Å². The molecule has 0 aliphatic carbocycles. The van der Waals surface area contributed by atoms with Crippen molar-refractivity contribution >= 4 is 6.29 Å². The second-order valence-electron chi connectivity index (χ2n) is 2.78. The molecule has 0 aromatic rings. The molecular weight excluding hydrogens is 166 g/mol. The number of rotatable bonds is 1. The lowest BCUT2D eigenvalue weighted by atomic mass is 9.99. The van der Waals surface area contributed by atoms with Crippen molar-refractivity contribution < 1.29 is 9.90 Å². The molecule has 3 heteroatoms. The summed E-state index contributed by atoms with van der Waals surface area (Å²) in [6.45, 7) is 6.17. The molecule has 0 saturated carbocycles. The Kier molecular flexibility index (Phi) is 13.4. The molecule has 0 atom stereocenters. The van der Waals surface area contributed by atoms with Crippen molar-refractivity contribution in [3.05, 3.63) is 0 Å². The Hall–Kier alpha value is -0.410. The lowest BCUT2D eigenvalue weighted by Crippen LogP contribution is -2.30. The van der Waals surface area contributed by atoms with Gasteiger partial charge in [-0.1, -0.05) is 13.8 Å². The molecule has 13 heavy (non-hydrogen) atoms. The van der Waals surface area contributed by atoms with Gasteiger partial charge in [-0.05, 0) is 33.0 Å². The number of likely N-dealkylation sites (tertiary alicyclic amines) is 1. The molecule has 1 fully saturated rings. The van der Waals surface area contributed by atoms with Gasteiger partial charge in [-0.3, -0.25) is 0 Å². The predicted molar refractivity (Wildman–Crippen MR) is 55.8 cm³/mol. The van der Waals surface area contributed by atoms with E-state index in [4.69, 9.17) is 5.11 Å². The van der Waals surface area contributed by atoms with Crippen LogP contribution in [0, 0.1) is 5.92 Å². The summed E-state index contributed by atoms with van der Waals surface area (Å²) in [5, 5.41) is 7.00. The summed E-state index contributed by atoms with van der Waals surface area (Å²) in [4.78, 5) is 12.5. The molecule has 0 spiro atoms. The minimum absolute atomic E-state index is 0.348. The second kappa shape index (κ2) is 11.6. The number of carbonyl (C=O) groups excluding carboxylic acids is 1. The normalized spacial score (nSPS) is 17.6. The van der Waals surface area contributed by atoms with Gasteiger partial charge in [0.15, 0.2) is 0 Å². The summed E-state index contributed by atoms with van der Waals surface area (Å²) in [6, 6.07) is 0. The lowest BCUT2D eigenvalue weighted by Gasteiger charge is -2.25. The van der Waals surface area contributed by atoms with Crippen molar-refractivity contribution in [2.45, 2.75) is 26.7 Å². The van der Waals surface area contributed by atoms with Gasteiger partial charge in [-0.2, -0.15) is 0 Å². The fourth-order valence-corrected chi connectivity index (χ4v) is 1.16. The van der Waals surface area contributed by atoms with Crippen molar-refractivity contribution in [3.8, 4) is 0 Å². The highest BCUT2D eigenvalue weighted by atomic mass is 16.2. The van der Waals surface area contributed by atoms with Crippen molar-refractivity contribution in [1.82, 2.24) is 4.90 Å². The van der Waals surface area contributed by atoms with Crippen LogP contribution in [-0.4, -0.2) is 43.5 Å². The molecule has 1 saturated heterocycles. The van der Waals surface area contributed by atoms with E-state index in [1.807, 2.05) is 13.8 Å². The monoisotopic (exact) mass is 189 g/mol. The topological polar surface area (TPSA) is 40.5 Å². The van der Waals surface area contributed by atoms with Crippen LogP contribution in [0.5, 0.6) is 0 Å². The fourth-order valence-electron chi connectivity index (χ4n) is 1.16. The van der Waals surface area contributed by atoms with Gasteiger partial charge in [-0.15, -0.1) is 0 Å². The molecule has 0 aromatic heterocycles. The van der Waals surface area contributed by atoms with E-state index in [1.54, 1.807) is 0 Å². The largest absolute Gasteiger partial charge is 0.400 e. The highest BCUT2D eigenvalue weighted by Gasteiger charge is 2.14. The number of nitrogens with zero attached hydrogens (tertiary/aromatic N) is 1. The van der Waals surface area contributed by atoms with E-state index in [9.17, 15) is 4.79 Å². The molecule has 1 heterocycles. The molecule has 0 bridgehead atoms. The van der Waals surface area contributed by atoms with Crippen molar-refractivity contribution in [2.24, 2.45) is 5.92 Å². The highest BCUT2D eigenvalue weighted by Crippen LogP contribution is 2.12. The zero-order valence-corrected chi connectivity index (χ0v) is 9.29. The van der Waals surface area contributed by atoms with Crippen LogP contribution < -0.4 is 0 Å². The van der Waals surface area contributed by atoms with Gasteiger partial charge < -0.3 is 14.8 Å². The predicted octanol–water partition coefficient (Wildman–Crippen LogP) is 1.16. The number of aliphatic hydroxyl groups is 1. The van der Waals surface area contributed by atoms with Gasteiger partial charge in [0.2, 0.25) is 0 Å². The van der Waals surface area contributed by atoms with Crippen LogP contribution in [0.3, 0.4) is 0 Å². The van der Waals surface area contributed by atoms with Crippen LogP contribution in [0.1, 0.15) is 26.7 Å². The SMILES string of the molecule is CC.CN1CCC(C=O)CC1.CO. The van der Waals surface area contributed by atoms with E-state index in [0.29, 0.717) is 5.92 Å². The molecule has 3 nitrogen and oxygen atoms in total. The van der Waals surface area contributed by atoms with Crippen LogP contribution in [0.4, 0.5) is 0 Å². The Labute approximate surface area is 81.7 Å². The molecule has 1 N–H and O–H groups in total. The third-order valence-corrected chi connectivity index (χ3v) is 1.96. The maximum Gasteiger partial charge on any atom is 0.123 e. The maximum absolute atomic E-state index is 10.2. The second-order valence-corrected chi connectivity index (χ2v) is 2.78. The first-order chi connectivity index (χ1) is 6.33. The van der Waals surface area contributed by atoms with E-state index >= 15 is 0 Å². The van der Waals surface area contributed by atoms with Crippen LogP contribution in [0.15, 0.2) is 0 Å². The first-order valence-corrected chi connectivity index (χ1v) is 4.91. The third-order valence-electron chi connectivity index (χ3n) is 1.96. The first-order valence-electron chi connectivity index (χ1n) is 4.91. The Morgan fingerprint density at radius 2 is 1.62 bits per heavy atom. The number of hydrogen-bond donors (Lipinski definition) is 1. The Morgan fingerprint density at radius 1 is 1.23 bits per heavy atom. The zero-order chi connectivity index (χ0) is 10.7. The number of aldehydes is 1. The van der Waals surface area contributed by atoms with E-state index < -0.39 is 0 Å². The molecule has 1 aliphatic heterocycles. The van der Waals surface area contributed by atoms with Crippen molar-refractivity contribution in [1.29, 1.82) is 0 Å². The molecule has 0 amide bonds. The zero-order valence-electron chi connectivity index (χ0n) is 9.29. The summed E-state index contributed by atoms with van der Waals surface area (Å²) >= 11 is 0. The quantitative estimate of drug-likeness (QED) is 0.629. The minimum atomic E-state index is 0.348.